The minimum absolute atomic E-state index is 0.286. The van der Waals surface area contributed by atoms with Gasteiger partial charge in [0, 0.05) is 17.0 Å². The van der Waals surface area contributed by atoms with Gasteiger partial charge in [0.05, 0.1) is 43.8 Å². The van der Waals surface area contributed by atoms with Crippen molar-refractivity contribution in [2.75, 3.05) is 20.8 Å². The first-order chi connectivity index (χ1) is 15.5. The zero-order valence-electron chi connectivity index (χ0n) is 18.8. The molecule has 0 unspecified atom stereocenters. The summed E-state index contributed by atoms with van der Waals surface area (Å²) in [6.45, 7) is 6.00. The summed E-state index contributed by atoms with van der Waals surface area (Å²) in [5.41, 5.74) is 5.19. The van der Waals surface area contributed by atoms with Crippen LogP contribution in [0.3, 0.4) is 0 Å². The first kappa shape index (κ1) is 22.0. The van der Waals surface area contributed by atoms with Crippen LogP contribution in [0.2, 0.25) is 0 Å². The summed E-state index contributed by atoms with van der Waals surface area (Å²) in [5, 5.41) is 2.89. The molecule has 166 valence electrons. The standard InChI is InChI=1S/C25H26N2O4S/c1-6-31-24(28)22-16(3)26-25-27(20(14-32-25)17-9-7-15(2)8-10-17)23(22)19-12-11-18(29-4)13-21(19)30-5/h7-14,23H,6H2,1-5H3/t23-/m0/s1. The number of aryl methyl sites for hydroxylation is 1. The van der Waals surface area contributed by atoms with Crippen LogP contribution in [0.15, 0.2) is 64.1 Å². The summed E-state index contributed by atoms with van der Waals surface area (Å²) in [4.78, 5) is 20.0. The number of carbonyl (C=O) groups is 1. The van der Waals surface area contributed by atoms with E-state index < -0.39 is 6.04 Å². The maximum Gasteiger partial charge on any atom is 0.338 e. The van der Waals surface area contributed by atoms with E-state index in [9.17, 15) is 4.79 Å². The molecule has 0 aliphatic carbocycles. The highest BCUT2D eigenvalue weighted by molar-refractivity contribution is 8.16. The van der Waals surface area contributed by atoms with Crippen molar-refractivity contribution in [2.24, 2.45) is 4.99 Å². The SMILES string of the molecule is CCOC(=O)C1=C(C)N=C2SC=C(c3ccc(C)cc3)N2[C@H]1c1ccc(OC)cc1OC. The van der Waals surface area contributed by atoms with Crippen LogP contribution in [0.1, 0.15) is 36.6 Å². The second kappa shape index (κ2) is 9.12. The van der Waals surface area contributed by atoms with E-state index >= 15 is 0 Å². The van der Waals surface area contributed by atoms with E-state index in [2.05, 4.69) is 41.5 Å². The molecule has 2 aliphatic rings. The van der Waals surface area contributed by atoms with E-state index in [-0.39, 0.29) is 12.6 Å². The third kappa shape index (κ3) is 3.88. The highest BCUT2D eigenvalue weighted by Gasteiger charge is 2.42. The van der Waals surface area contributed by atoms with Crippen molar-refractivity contribution in [1.82, 2.24) is 4.90 Å². The van der Waals surface area contributed by atoms with Crippen molar-refractivity contribution in [2.45, 2.75) is 26.8 Å². The number of hydrogen-bond donors (Lipinski definition) is 0. The largest absolute Gasteiger partial charge is 0.497 e. The average Bonchev–Trinajstić information content (AvgIpc) is 3.21. The third-order valence-corrected chi connectivity index (χ3v) is 6.34. The molecule has 6 nitrogen and oxygen atoms in total. The van der Waals surface area contributed by atoms with Crippen LogP contribution in [0.5, 0.6) is 11.5 Å². The fraction of sp³-hybridized carbons (Fsp3) is 0.280. The molecule has 2 heterocycles. The Hall–Kier alpha value is -3.19. The lowest BCUT2D eigenvalue weighted by molar-refractivity contribution is -0.139. The Balaban J connectivity index is 1.90. The maximum absolute atomic E-state index is 13.1. The summed E-state index contributed by atoms with van der Waals surface area (Å²) in [6, 6.07) is 13.5. The van der Waals surface area contributed by atoms with E-state index in [4.69, 9.17) is 19.2 Å². The monoisotopic (exact) mass is 450 g/mol. The summed E-state index contributed by atoms with van der Waals surface area (Å²) >= 11 is 1.55. The Morgan fingerprint density at radius 1 is 1.09 bits per heavy atom. The van der Waals surface area contributed by atoms with E-state index in [1.54, 1.807) is 32.9 Å². The van der Waals surface area contributed by atoms with Gasteiger partial charge in [0.25, 0.3) is 0 Å². The van der Waals surface area contributed by atoms with Gasteiger partial charge < -0.3 is 19.1 Å². The van der Waals surface area contributed by atoms with Gasteiger partial charge in [-0.3, -0.25) is 0 Å². The molecule has 4 rings (SSSR count). The van der Waals surface area contributed by atoms with Crippen LogP contribution in [0.25, 0.3) is 5.70 Å². The molecule has 7 heteroatoms. The number of allylic oxidation sites excluding steroid dienone is 1. The first-order valence-electron chi connectivity index (χ1n) is 10.4. The molecule has 2 aliphatic heterocycles. The molecule has 2 aromatic rings. The second-order valence-electron chi connectivity index (χ2n) is 7.48. The maximum atomic E-state index is 13.1. The van der Waals surface area contributed by atoms with Gasteiger partial charge in [-0.25, -0.2) is 9.79 Å². The number of carbonyl (C=O) groups excluding carboxylic acids is 1. The molecule has 1 atom stereocenters. The lowest BCUT2D eigenvalue weighted by Crippen LogP contribution is -2.36. The number of nitrogens with zero attached hydrogens (tertiary/aromatic N) is 2. The van der Waals surface area contributed by atoms with Gasteiger partial charge in [0.2, 0.25) is 0 Å². The molecule has 0 amide bonds. The molecule has 0 fully saturated rings. The van der Waals surface area contributed by atoms with Crippen LogP contribution in [0.4, 0.5) is 0 Å². The molecular weight excluding hydrogens is 424 g/mol. The predicted molar refractivity (Wildman–Crippen MR) is 128 cm³/mol. The summed E-state index contributed by atoms with van der Waals surface area (Å²) < 4.78 is 16.5. The highest BCUT2D eigenvalue weighted by atomic mass is 32.2. The molecule has 0 N–H and O–H groups in total. The van der Waals surface area contributed by atoms with Gasteiger partial charge in [-0.05, 0) is 38.5 Å². The van der Waals surface area contributed by atoms with Gasteiger partial charge in [0.15, 0.2) is 5.17 Å². The lowest BCUT2D eigenvalue weighted by atomic mass is 9.92. The van der Waals surface area contributed by atoms with Gasteiger partial charge in [-0.15, -0.1) is 0 Å². The fourth-order valence-electron chi connectivity index (χ4n) is 3.92. The number of amidine groups is 1. The van der Waals surface area contributed by atoms with Crippen LogP contribution < -0.4 is 9.47 Å². The van der Waals surface area contributed by atoms with Gasteiger partial charge >= 0.3 is 5.97 Å². The van der Waals surface area contributed by atoms with Crippen molar-refractivity contribution in [3.8, 4) is 11.5 Å². The zero-order valence-corrected chi connectivity index (χ0v) is 19.7. The van der Waals surface area contributed by atoms with Crippen molar-refractivity contribution in [3.63, 3.8) is 0 Å². The smallest absolute Gasteiger partial charge is 0.338 e. The van der Waals surface area contributed by atoms with E-state index in [1.165, 1.54) is 5.56 Å². The second-order valence-corrected chi connectivity index (χ2v) is 8.32. The van der Waals surface area contributed by atoms with Gasteiger partial charge in [-0.2, -0.15) is 0 Å². The number of benzene rings is 2. The van der Waals surface area contributed by atoms with Crippen molar-refractivity contribution < 1.29 is 19.0 Å². The summed E-state index contributed by atoms with van der Waals surface area (Å²) in [5.74, 6) is 0.931. The number of esters is 1. The highest BCUT2D eigenvalue weighted by Crippen LogP contribution is 2.49. The van der Waals surface area contributed by atoms with Crippen LogP contribution >= 0.6 is 11.8 Å². The molecule has 0 saturated carbocycles. The Morgan fingerprint density at radius 2 is 1.84 bits per heavy atom. The number of fused-ring (bicyclic) bond motifs is 1. The van der Waals surface area contributed by atoms with Crippen LogP contribution in [-0.4, -0.2) is 36.9 Å². The summed E-state index contributed by atoms with van der Waals surface area (Å²) in [6.07, 6.45) is 0. The molecule has 2 aromatic carbocycles. The fourth-order valence-corrected chi connectivity index (χ4v) is 4.90. The average molecular weight is 451 g/mol. The number of ether oxygens (including phenoxy) is 3. The van der Waals surface area contributed by atoms with E-state index in [1.807, 2.05) is 25.1 Å². The zero-order chi connectivity index (χ0) is 22.8. The molecule has 0 spiro atoms. The molecule has 32 heavy (non-hydrogen) atoms. The number of rotatable bonds is 6. The van der Waals surface area contributed by atoms with Gasteiger partial charge in [0.1, 0.15) is 11.5 Å². The molecular formula is C25H26N2O4S. The molecule has 0 radical (unpaired) electrons. The normalized spacial score (nSPS) is 17.5. The van der Waals surface area contributed by atoms with Crippen molar-refractivity contribution in [3.05, 3.63) is 75.8 Å². The number of methoxy groups -OCH3 is 2. The Morgan fingerprint density at radius 3 is 2.50 bits per heavy atom. The van der Waals surface area contributed by atoms with E-state index in [0.29, 0.717) is 22.8 Å². The Bertz CT molecular complexity index is 1140. The minimum atomic E-state index is -0.454. The number of thioether (sulfide) groups is 1. The topological polar surface area (TPSA) is 60.4 Å². The van der Waals surface area contributed by atoms with Crippen LogP contribution in [0, 0.1) is 6.92 Å². The first-order valence-corrected chi connectivity index (χ1v) is 11.3. The predicted octanol–water partition coefficient (Wildman–Crippen LogP) is 5.31. The summed E-state index contributed by atoms with van der Waals surface area (Å²) in [7, 11) is 3.23. The lowest BCUT2D eigenvalue weighted by Gasteiger charge is -2.37. The molecule has 0 bridgehead atoms. The third-order valence-electron chi connectivity index (χ3n) is 5.50. The van der Waals surface area contributed by atoms with Gasteiger partial charge in [-0.1, -0.05) is 41.6 Å². The van der Waals surface area contributed by atoms with Crippen LogP contribution in [-0.2, 0) is 9.53 Å². The quantitative estimate of drug-likeness (QED) is 0.556. The Kier molecular flexibility index (Phi) is 6.28. The number of aliphatic imine (C=N–C) groups is 1. The number of hydrogen-bond acceptors (Lipinski definition) is 7. The van der Waals surface area contributed by atoms with Crippen molar-refractivity contribution >= 4 is 28.6 Å². The molecule has 0 saturated heterocycles. The van der Waals surface area contributed by atoms with Crippen molar-refractivity contribution in [1.29, 1.82) is 0 Å². The molecule has 0 aromatic heterocycles. The Labute approximate surface area is 192 Å². The minimum Gasteiger partial charge on any atom is -0.497 e. The van der Waals surface area contributed by atoms with E-state index in [0.717, 1.165) is 22.0 Å².